The third kappa shape index (κ3) is 7.34. The summed E-state index contributed by atoms with van der Waals surface area (Å²) in [6, 6.07) is 0. The second-order valence-electron chi connectivity index (χ2n) is 2.63. The van der Waals surface area contributed by atoms with E-state index in [2.05, 4.69) is 31.5 Å². The lowest BCUT2D eigenvalue weighted by molar-refractivity contribution is -0.115. The second-order valence-corrected chi connectivity index (χ2v) is 4.31. The molecule has 0 aromatic rings. The van der Waals surface area contributed by atoms with Crippen LogP contribution in [0.15, 0.2) is 11.8 Å². The van der Waals surface area contributed by atoms with Gasteiger partial charge in [-0.05, 0) is 13.3 Å². The number of halogens is 1. The summed E-state index contributed by atoms with van der Waals surface area (Å²) in [5, 5.41) is 0. The standard InChI is InChI=1S/C8H13IN2O2S/c1-7(6-10-11-14-9)8(13)4-2-3-5-12/h5-6,10-11H,2-4H2,1H3/b7-6-. The first kappa shape index (κ1) is 13.9. The van der Waals surface area contributed by atoms with Crippen LogP contribution in [-0.4, -0.2) is 12.1 Å². The summed E-state index contributed by atoms with van der Waals surface area (Å²) in [7, 11) is 1.38. The molecular weight excluding hydrogens is 315 g/mol. The van der Waals surface area contributed by atoms with Crippen molar-refractivity contribution in [3.8, 4) is 0 Å². The van der Waals surface area contributed by atoms with Crippen LogP contribution in [0.25, 0.3) is 0 Å². The Labute approximate surface area is 100.0 Å². The zero-order valence-corrected chi connectivity index (χ0v) is 10.9. The van der Waals surface area contributed by atoms with E-state index in [1.807, 2.05) is 0 Å². The first-order valence-corrected chi connectivity index (χ1v) is 7.50. The average Bonchev–Trinajstić information content (AvgIpc) is 2.18. The number of unbranched alkanes of at least 4 members (excludes halogenated alkanes) is 1. The molecule has 0 amide bonds. The van der Waals surface area contributed by atoms with Gasteiger partial charge in [0, 0.05) is 54.9 Å². The predicted octanol–water partition coefficient (Wildman–Crippen LogP) is 1.92. The van der Waals surface area contributed by atoms with Gasteiger partial charge in [0.25, 0.3) is 0 Å². The molecule has 0 aromatic heterocycles. The molecule has 0 saturated carbocycles. The van der Waals surface area contributed by atoms with E-state index >= 15 is 0 Å². The highest BCUT2D eigenvalue weighted by atomic mass is 127. The van der Waals surface area contributed by atoms with Gasteiger partial charge in [-0.3, -0.25) is 4.79 Å². The van der Waals surface area contributed by atoms with E-state index in [4.69, 9.17) is 0 Å². The fourth-order valence-corrected chi connectivity index (χ4v) is 1.27. The minimum absolute atomic E-state index is 0.0691. The lowest BCUT2D eigenvalue weighted by atomic mass is 10.1. The molecule has 80 valence electrons. The number of hydrogen-bond acceptors (Lipinski definition) is 5. The van der Waals surface area contributed by atoms with Crippen LogP contribution in [0, 0.1) is 0 Å². The molecule has 2 N–H and O–H groups in total. The third-order valence-corrected chi connectivity index (χ3v) is 2.41. The Hall–Kier alpha value is -0.0800. The summed E-state index contributed by atoms with van der Waals surface area (Å²) < 4.78 is 0. The molecule has 0 atom stereocenters. The van der Waals surface area contributed by atoms with Gasteiger partial charge in [0.1, 0.15) is 6.29 Å². The molecule has 0 aliphatic heterocycles. The summed E-state index contributed by atoms with van der Waals surface area (Å²) in [6.45, 7) is 1.75. The van der Waals surface area contributed by atoms with Gasteiger partial charge in [-0.15, -0.1) is 0 Å². The van der Waals surface area contributed by atoms with Crippen LogP contribution in [0.4, 0.5) is 0 Å². The fourth-order valence-electron chi connectivity index (χ4n) is 0.784. The first-order chi connectivity index (χ1) is 6.72. The minimum Gasteiger partial charge on any atom is -0.318 e. The number of allylic oxidation sites excluding steroid dienone is 1. The van der Waals surface area contributed by atoms with Gasteiger partial charge in [0.15, 0.2) is 5.78 Å². The summed E-state index contributed by atoms with van der Waals surface area (Å²) in [5.41, 5.74) is 3.42. The molecule has 0 aliphatic rings. The van der Waals surface area contributed by atoms with Crippen LogP contribution in [0.2, 0.25) is 0 Å². The molecule has 14 heavy (non-hydrogen) atoms. The predicted molar refractivity (Wildman–Crippen MR) is 66.6 cm³/mol. The van der Waals surface area contributed by atoms with Crippen LogP contribution < -0.4 is 10.3 Å². The van der Waals surface area contributed by atoms with Gasteiger partial charge < -0.3 is 10.2 Å². The Balaban J connectivity index is 3.73. The van der Waals surface area contributed by atoms with Crippen LogP contribution in [0.3, 0.4) is 0 Å². The Kier molecular flexibility index (Phi) is 9.42. The van der Waals surface area contributed by atoms with Crippen molar-refractivity contribution < 1.29 is 9.59 Å². The van der Waals surface area contributed by atoms with Crippen molar-refractivity contribution >= 4 is 42.4 Å². The molecule has 0 spiro atoms. The zero-order valence-electron chi connectivity index (χ0n) is 7.88. The van der Waals surface area contributed by atoms with E-state index < -0.39 is 0 Å². The normalized spacial score (nSPS) is 11.1. The topological polar surface area (TPSA) is 58.2 Å². The quantitative estimate of drug-likeness (QED) is 0.178. The number of nitrogens with one attached hydrogen (secondary N) is 2. The highest BCUT2D eigenvalue weighted by molar-refractivity contribution is 14.2. The maximum Gasteiger partial charge on any atom is 0.160 e. The number of Topliss-reactive ketones (excluding diaryl/α,β-unsaturated/α-hetero) is 1. The van der Waals surface area contributed by atoms with Crippen molar-refractivity contribution in [2.75, 3.05) is 0 Å². The van der Waals surface area contributed by atoms with Crippen molar-refractivity contribution in [3.05, 3.63) is 11.8 Å². The Bertz CT molecular complexity index is 221. The molecular formula is C8H13IN2O2S. The van der Waals surface area contributed by atoms with E-state index in [-0.39, 0.29) is 5.78 Å². The second kappa shape index (κ2) is 9.47. The monoisotopic (exact) mass is 328 g/mol. The van der Waals surface area contributed by atoms with Crippen LogP contribution in [0.1, 0.15) is 26.2 Å². The van der Waals surface area contributed by atoms with Crippen molar-refractivity contribution in [1.29, 1.82) is 0 Å². The Morgan fingerprint density at radius 2 is 2.29 bits per heavy atom. The first-order valence-electron chi connectivity index (χ1n) is 4.14. The van der Waals surface area contributed by atoms with Crippen molar-refractivity contribution in [2.24, 2.45) is 0 Å². The molecule has 0 rings (SSSR count). The maximum absolute atomic E-state index is 11.4. The number of carbonyl (C=O) groups is 2. The lowest BCUT2D eigenvalue weighted by Gasteiger charge is -2.01. The molecule has 0 bridgehead atoms. The highest BCUT2D eigenvalue weighted by Crippen LogP contribution is 2.04. The number of hydrazine groups is 1. The van der Waals surface area contributed by atoms with E-state index in [9.17, 15) is 9.59 Å². The Morgan fingerprint density at radius 3 is 2.86 bits per heavy atom. The molecule has 0 radical (unpaired) electrons. The fraction of sp³-hybridized carbons (Fsp3) is 0.500. The number of carbonyl (C=O) groups excluding carboxylic acids is 2. The average molecular weight is 328 g/mol. The van der Waals surface area contributed by atoms with E-state index in [1.54, 1.807) is 13.1 Å². The lowest BCUT2D eigenvalue weighted by Crippen LogP contribution is -2.18. The van der Waals surface area contributed by atoms with E-state index in [0.717, 1.165) is 6.29 Å². The molecule has 4 nitrogen and oxygen atoms in total. The van der Waals surface area contributed by atoms with Gasteiger partial charge in [-0.1, -0.05) is 0 Å². The van der Waals surface area contributed by atoms with Gasteiger partial charge in [-0.2, -0.15) is 4.83 Å². The van der Waals surface area contributed by atoms with Crippen molar-refractivity contribution in [3.63, 3.8) is 0 Å². The number of rotatable bonds is 8. The summed E-state index contributed by atoms with van der Waals surface area (Å²) in [6.07, 6.45) is 3.96. The van der Waals surface area contributed by atoms with Gasteiger partial charge in [0.05, 0.1) is 0 Å². The third-order valence-electron chi connectivity index (χ3n) is 1.55. The molecule has 0 aliphatic carbocycles. The highest BCUT2D eigenvalue weighted by Gasteiger charge is 2.03. The molecule has 0 heterocycles. The van der Waals surface area contributed by atoms with Crippen LogP contribution >= 0.6 is 30.3 Å². The largest absolute Gasteiger partial charge is 0.318 e. The van der Waals surface area contributed by atoms with Crippen molar-refractivity contribution in [1.82, 2.24) is 10.3 Å². The maximum atomic E-state index is 11.4. The minimum atomic E-state index is 0.0691. The zero-order chi connectivity index (χ0) is 10.8. The number of aldehydes is 1. The van der Waals surface area contributed by atoms with Gasteiger partial charge in [-0.25, -0.2) is 0 Å². The van der Waals surface area contributed by atoms with Crippen LogP contribution in [0.5, 0.6) is 0 Å². The smallest absolute Gasteiger partial charge is 0.160 e. The molecule has 0 fully saturated rings. The molecule has 0 aromatic carbocycles. The number of ketones is 1. The van der Waals surface area contributed by atoms with Crippen LogP contribution in [-0.2, 0) is 9.59 Å². The van der Waals surface area contributed by atoms with Crippen molar-refractivity contribution in [2.45, 2.75) is 26.2 Å². The molecule has 0 saturated heterocycles. The Morgan fingerprint density at radius 1 is 1.57 bits per heavy atom. The molecule has 6 heteroatoms. The summed E-state index contributed by atoms with van der Waals surface area (Å²) in [5.74, 6) is 0.0691. The van der Waals surface area contributed by atoms with E-state index in [0.29, 0.717) is 24.8 Å². The summed E-state index contributed by atoms with van der Waals surface area (Å²) >= 11 is 2.07. The summed E-state index contributed by atoms with van der Waals surface area (Å²) in [4.78, 5) is 24.1. The SMILES string of the molecule is C/C(=C/NNSI)C(=O)CCCC=O. The van der Waals surface area contributed by atoms with E-state index in [1.165, 1.54) is 9.12 Å². The number of hydrogen-bond donors (Lipinski definition) is 2. The van der Waals surface area contributed by atoms with Gasteiger partial charge >= 0.3 is 0 Å². The van der Waals surface area contributed by atoms with Gasteiger partial charge in [0.2, 0.25) is 0 Å². The molecule has 0 unspecified atom stereocenters.